The standard InChI is InChI=1S/C16H15N2O2S/c1-3-19-11(2)16-17-14(10-21-16)15-9-13(18-20-15)12-7-5-4-6-8-12/h4-11H,2-3H2,1H3. The van der Waals surface area contributed by atoms with Crippen molar-refractivity contribution in [2.24, 2.45) is 0 Å². The highest BCUT2D eigenvalue weighted by Crippen LogP contribution is 2.29. The maximum atomic E-state index is 5.44. The van der Waals surface area contributed by atoms with Crippen LogP contribution >= 0.6 is 11.3 Å². The van der Waals surface area contributed by atoms with E-state index in [0.29, 0.717) is 12.4 Å². The SMILES string of the molecule is [CH2]C(OCC)c1nc(-c2cc(-c3ccccc3)no2)cs1. The molecule has 0 N–H and O–H groups in total. The third kappa shape index (κ3) is 3.04. The van der Waals surface area contributed by atoms with Crippen molar-refractivity contribution in [3.05, 3.63) is 53.7 Å². The summed E-state index contributed by atoms with van der Waals surface area (Å²) in [4.78, 5) is 4.50. The molecule has 2 heterocycles. The lowest BCUT2D eigenvalue weighted by molar-refractivity contribution is 0.0947. The molecule has 0 saturated carbocycles. The van der Waals surface area contributed by atoms with Crippen molar-refractivity contribution < 1.29 is 9.26 Å². The molecule has 0 aliphatic carbocycles. The maximum absolute atomic E-state index is 5.44. The van der Waals surface area contributed by atoms with Crippen LogP contribution in [-0.4, -0.2) is 16.7 Å². The van der Waals surface area contributed by atoms with E-state index in [1.54, 1.807) is 0 Å². The molecule has 1 unspecified atom stereocenters. The Morgan fingerprint density at radius 3 is 2.86 bits per heavy atom. The van der Waals surface area contributed by atoms with Crippen LogP contribution in [0.1, 0.15) is 18.0 Å². The van der Waals surface area contributed by atoms with Crippen LogP contribution in [0.4, 0.5) is 0 Å². The van der Waals surface area contributed by atoms with Gasteiger partial charge < -0.3 is 9.26 Å². The molecule has 0 bridgehead atoms. The van der Waals surface area contributed by atoms with Crippen molar-refractivity contribution >= 4 is 11.3 Å². The Hall–Kier alpha value is -1.98. The number of nitrogens with zero attached hydrogens (tertiary/aromatic N) is 2. The third-order valence-electron chi connectivity index (χ3n) is 3.00. The van der Waals surface area contributed by atoms with Crippen LogP contribution in [0.5, 0.6) is 0 Å². The molecule has 0 saturated heterocycles. The van der Waals surface area contributed by atoms with Crippen LogP contribution in [0, 0.1) is 6.92 Å². The van der Waals surface area contributed by atoms with Gasteiger partial charge in [-0.25, -0.2) is 4.98 Å². The summed E-state index contributed by atoms with van der Waals surface area (Å²) in [5.41, 5.74) is 2.58. The van der Waals surface area contributed by atoms with Crippen LogP contribution in [-0.2, 0) is 4.74 Å². The maximum Gasteiger partial charge on any atom is 0.186 e. The minimum Gasteiger partial charge on any atom is -0.371 e. The van der Waals surface area contributed by atoms with Gasteiger partial charge in [0.15, 0.2) is 5.76 Å². The Bertz CT molecular complexity index is 706. The summed E-state index contributed by atoms with van der Waals surface area (Å²) >= 11 is 1.51. The van der Waals surface area contributed by atoms with E-state index in [0.717, 1.165) is 22.0 Å². The van der Waals surface area contributed by atoms with Gasteiger partial charge in [0.05, 0.1) is 0 Å². The molecule has 0 aliphatic heterocycles. The molecule has 1 radical (unpaired) electrons. The lowest BCUT2D eigenvalue weighted by Gasteiger charge is -2.06. The number of ether oxygens (including phenoxy) is 1. The van der Waals surface area contributed by atoms with Crippen LogP contribution in [0.3, 0.4) is 0 Å². The molecule has 3 aromatic rings. The summed E-state index contributed by atoms with van der Waals surface area (Å²) < 4.78 is 10.8. The van der Waals surface area contributed by atoms with E-state index in [1.165, 1.54) is 11.3 Å². The molecular formula is C16H15N2O2S. The fraction of sp³-hybridized carbons (Fsp3) is 0.188. The van der Waals surface area contributed by atoms with Crippen LogP contribution in [0.2, 0.25) is 0 Å². The summed E-state index contributed by atoms with van der Waals surface area (Å²) in [6.45, 7) is 6.49. The predicted molar refractivity (Wildman–Crippen MR) is 82.8 cm³/mol. The first kappa shape index (κ1) is 14.0. The number of aromatic nitrogens is 2. The monoisotopic (exact) mass is 299 g/mol. The second-order valence-corrected chi connectivity index (χ2v) is 5.35. The summed E-state index contributed by atoms with van der Waals surface area (Å²) in [6, 6.07) is 11.8. The Morgan fingerprint density at radius 2 is 2.10 bits per heavy atom. The molecule has 0 aliphatic rings. The zero-order valence-electron chi connectivity index (χ0n) is 11.7. The lowest BCUT2D eigenvalue weighted by atomic mass is 10.1. The Morgan fingerprint density at radius 1 is 1.29 bits per heavy atom. The smallest absolute Gasteiger partial charge is 0.186 e. The molecule has 0 fully saturated rings. The van der Waals surface area contributed by atoms with Gasteiger partial charge >= 0.3 is 0 Å². The Labute approximate surface area is 127 Å². The fourth-order valence-corrected chi connectivity index (χ4v) is 2.73. The van der Waals surface area contributed by atoms with Crippen molar-refractivity contribution in [2.75, 3.05) is 6.61 Å². The van der Waals surface area contributed by atoms with Gasteiger partial charge in [0.1, 0.15) is 22.5 Å². The van der Waals surface area contributed by atoms with Crippen LogP contribution in [0.25, 0.3) is 22.7 Å². The molecule has 107 valence electrons. The second-order valence-electron chi connectivity index (χ2n) is 4.46. The van der Waals surface area contributed by atoms with Gasteiger partial charge in [0.25, 0.3) is 0 Å². The number of hydrogen-bond donors (Lipinski definition) is 0. The number of benzene rings is 1. The van der Waals surface area contributed by atoms with Crippen LogP contribution < -0.4 is 0 Å². The van der Waals surface area contributed by atoms with Gasteiger partial charge in [-0.2, -0.15) is 0 Å². The Kier molecular flexibility index (Phi) is 4.13. The van der Waals surface area contributed by atoms with Crippen LogP contribution in [0.15, 0.2) is 46.3 Å². The molecule has 1 atom stereocenters. The Balaban J connectivity index is 1.84. The van der Waals surface area contributed by atoms with Crippen molar-refractivity contribution in [3.8, 4) is 22.7 Å². The fourth-order valence-electron chi connectivity index (χ4n) is 1.96. The molecule has 21 heavy (non-hydrogen) atoms. The van der Waals surface area contributed by atoms with E-state index in [-0.39, 0.29) is 6.10 Å². The van der Waals surface area contributed by atoms with E-state index >= 15 is 0 Å². The first-order valence-electron chi connectivity index (χ1n) is 6.70. The molecular weight excluding hydrogens is 284 g/mol. The molecule has 2 aromatic heterocycles. The van der Waals surface area contributed by atoms with E-state index < -0.39 is 0 Å². The molecule has 0 amide bonds. The molecule has 0 spiro atoms. The average molecular weight is 299 g/mol. The highest BCUT2D eigenvalue weighted by Gasteiger charge is 2.15. The average Bonchev–Trinajstić information content (AvgIpc) is 3.17. The first-order chi connectivity index (χ1) is 10.3. The van der Waals surface area contributed by atoms with Gasteiger partial charge in [0, 0.05) is 23.6 Å². The molecule has 3 rings (SSSR count). The lowest BCUT2D eigenvalue weighted by Crippen LogP contribution is -1.98. The molecule has 5 heteroatoms. The third-order valence-corrected chi connectivity index (χ3v) is 3.93. The predicted octanol–water partition coefficient (Wildman–Crippen LogP) is 4.38. The minimum absolute atomic E-state index is 0.245. The quantitative estimate of drug-likeness (QED) is 0.701. The second kappa shape index (κ2) is 6.20. The van der Waals surface area contributed by atoms with Crippen molar-refractivity contribution in [3.63, 3.8) is 0 Å². The number of hydrogen-bond acceptors (Lipinski definition) is 5. The van der Waals surface area contributed by atoms with Crippen molar-refractivity contribution in [1.29, 1.82) is 0 Å². The zero-order valence-corrected chi connectivity index (χ0v) is 12.5. The highest BCUT2D eigenvalue weighted by molar-refractivity contribution is 7.10. The number of rotatable bonds is 5. The number of thiazole rings is 1. The summed E-state index contributed by atoms with van der Waals surface area (Å²) in [5.74, 6) is 0.653. The van der Waals surface area contributed by atoms with E-state index in [2.05, 4.69) is 17.1 Å². The summed E-state index contributed by atoms with van der Waals surface area (Å²) in [7, 11) is 0. The van der Waals surface area contributed by atoms with E-state index in [1.807, 2.05) is 48.7 Å². The largest absolute Gasteiger partial charge is 0.371 e. The molecule has 4 nitrogen and oxygen atoms in total. The van der Waals surface area contributed by atoms with Gasteiger partial charge in [-0.3, -0.25) is 0 Å². The zero-order chi connectivity index (χ0) is 14.7. The van der Waals surface area contributed by atoms with Crippen molar-refractivity contribution in [1.82, 2.24) is 10.1 Å². The normalized spacial score (nSPS) is 12.5. The van der Waals surface area contributed by atoms with Gasteiger partial charge in [-0.1, -0.05) is 35.5 Å². The topological polar surface area (TPSA) is 48.2 Å². The molecule has 1 aromatic carbocycles. The minimum atomic E-state index is -0.245. The summed E-state index contributed by atoms with van der Waals surface area (Å²) in [5, 5.41) is 6.87. The highest BCUT2D eigenvalue weighted by atomic mass is 32.1. The van der Waals surface area contributed by atoms with Crippen molar-refractivity contribution in [2.45, 2.75) is 13.0 Å². The first-order valence-corrected chi connectivity index (χ1v) is 7.58. The van der Waals surface area contributed by atoms with Gasteiger partial charge in [-0.15, -0.1) is 11.3 Å². The van der Waals surface area contributed by atoms with Gasteiger partial charge in [0.2, 0.25) is 0 Å². The van der Waals surface area contributed by atoms with Gasteiger partial charge in [-0.05, 0) is 13.8 Å². The summed E-state index contributed by atoms with van der Waals surface area (Å²) in [6.07, 6.45) is -0.245. The van der Waals surface area contributed by atoms with E-state index in [4.69, 9.17) is 9.26 Å². The van der Waals surface area contributed by atoms with E-state index in [9.17, 15) is 0 Å².